The van der Waals surface area contributed by atoms with E-state index in [1.807, 2.05) is 18.2 Å². The molecule has 2 fully saturated rings. The minimum Gasteiger partial charge on any atom is -0.322 e. The van der Waals surface area contributed by atoms with Crippen molar-refractivity contribution < 1.29 is 14.4 Å². The summed E-state index contributed by atoms with van der Waals surface area (Å²) in [5.74, 6) is 0.0142. The lowest BCUT2D eigenvalue weighted by Gasteiger charge is -2.30. The summed E-state index contributed by atoms with van der Waals surface area (Å²) in [6.45, 7) is 5.56. The van der Waals surface area contributed by atoms with Gasteiger partial charge in [0, 0.05) is 31.1 Å². The van der Waals surface area contributed by atoms with Crippen LogP contribution in [0.4, 0.5) is 0 Å². The first-order chi connectivity index (χ1) is 13.0. The molecule has 0 aromatic heterocycles. The third kappa shape index (κ3) is 3.75. The number of nitrogens with one attached hydrogen (secondary N) is 3. The lowest BCUT2D eigenvalue weighted by Crippen LogP contribution is -2.52. The quantitative estimate of drug-likeness (QED) is 0.636. The van der Waals surface area contributed by atoms with Crippen molar-refractivity contribution in [3.8, 4) is 0 Å². The summed E-state index contributed by atoms with van der Waals surface area (Å²) in [5, 5.41) is 9.17. The fourth-order valence-corrected chi connectivity index (χ4v) is 4.10. The summed E-state index contributed by atoms with van der Waals surface area (Å²) in [6, 6.07) is 5.84. The molecule has 2 saturated heterocycles. The van der Waals surface area contributed by atoms with Gasteiger partial charge in [-0.3, -0.25) is 19.7 Å². The number of amides is 3. The van der Waals surface area contributed by atoms with Crippen LogP contribution in [0.1, 0.15) is 47.7 Å². The van der Waals surface area contributed by atoms with Crippen LogP contribution in [0.2, 0.25) is 0 Å². The highest BCUT2D eigenvalue weighted by Crippen LogP contribution is 2.28. The van der Waals surface area contributed by atoms with Crippen molar-refractivity contribution in [2.75, 3.05) is 13.1 Å². The number of carbonyl (C=O) groups is 3. The molecule has 3 heterocycles. The molecule has 1 aromatic carbocycles. The SMILES string of the molecule is CC(CC1CNC1)NCc1ccc2c(c1)C(=O)N(C1CCC(=O)NC1=O)C2. The van der Waals surface area contributed by atoms with Crippen LogP contribution in [0, 0.1) is 5.92 Å². The van der Waals surface area contributed by atoms with Crippen molar-refractivity contribution >= 4 is 17.7 Å². The molecular formula is C20H26N4O3. The number of benzene rings is 1. The van der Waals surface area contributed by atoms with E-state index < -0.39 is 6.04 Å². The van der Waals surface area contributed by atoms with Gasteiger partial charge in [-0.15, -0.1) is 0 Å². The molecule has 7 heteroatoms. The van der Waals surface area contributed by atoms with Gasteiger partial charge in [0.1, 0.15) is 6.04 Å². The molecule has 3 N–H and O–H groups in total. The molecular weight excluding hydrogens is 344 g/mol. The van der Waals surface area contributed by atoms with E-state index in [1.54, 1.807) is 4.90 Å². The van der Waals surface area contributed by atoms with Gasteiger partial charge < -0.3 is 15.5 Å². The maximum Gasteiger partial charge on any atom is 0.255 e. The topological polar surface area (TPSA) is 90.5 Å². The van der Waals surface area contributed by atoms with Gasteiger partial charge in [-0.25, -0.2) is 0 Å². The van der Waals surface area contributed by atoms with E-state index in [-0.39, 0.29) is 24.1 Å². The third-order valence-electron chi connectivity index (χ3n) is 5.80. The van der Waals surface area contributed by atoms with E-state index >= 15 is 0 Å². The van der Waals surface area contributed by atoms with Crippen LogP contribution >= 0.6 is 0 Å². The first kappa shape index (κ1) is 18.1. The van der Waals surface area contributed by atoms with E-state index in [2.05, 4.69) is 22.9 Å². The molecule has 3 amide bonds. The van der Waals surface area contributed by atoms with Crippen molar-refractivity contribution in [2.24, 2.45) is 5.92 Å². The second kappa shape index (κ2) is 7.40. The summed E-state index contributed by atoms with van der Waals surface area (Å²) in [6.07, 6.45) is 1.83. The minimum atomic E-state index is -0.555. The monoisotopic (exact) mass is 370 g/mol. The van der Waals surface area contributed by atoms with Crippen molar-refractivity contribution in [1.82, 2.24) is 20.9 Å². The standard InChI is InChI=1S/C20H26N4O3/c1-12(6-14-8-21-9-14)22-10-13-2-3-15-11-24(20(27)16(15)7-13)17-4-5-18(25)23-19(17)26/h2-3,7,12,14,17,21-22H,4-6,8-11H2,1H3,(H,23,25,26). The Labute approximate surface area is 158 Å². The third-order valence-corrected chi connectivity index (χ3v) is 5.80. The normalized spacial score (nSPS) is 23.8. The number of hydrogen-bond acceptors (Lipinski definition) is 5. The number of carbonyl (C=O) groups excluding carboxylic acids is 3. The van der Waals surface area contributed by atoms with Gasteiger partial charge in [0.15, 0.2) is 0 Å². The zero-order valence-corrected chi connectivity index (χ0v) is 15.6. The van der Waals surface area contributed by atoms with Crippen LogP contribution in [0.5, 0.6) is 0 Å². The number of rotatable bonds is 6. The average molecular weight is 370 g/mol. The first-order valence-corrected chi connectivity index (χ1v) is 9.72. The molecule has 2 atom stereocenters. The van der Waals surface area contributed by atoms with Gasteiger partial charge in [0.2, 0.25) is 11.8 Å². The Kier molecular flexibility index (Phi) is 4.97. The highest BCUT2D eigenvalue weighted by atomic mass is 16.2. The summed E-state index contributed by atoms with van der Waals surface area (Å²) in [5.41, 5.74) is 2.70. The number of fused-ring (bicyclic) bond motifs is 1. The number of hydrogen-bond donors (Lipinski definition) is 3. The fourth-order valence-electron chi connectivity index (χ4n) is 4.10. The zero-order valence-electron chi connectivity index (χ0n) is 15.6. The van der Waals surface area contributed by atoms with Crippen molar-refractivity contribution in [2.45, 2.75) is 51.4 Å². The van der Waals surface area contributed by atoms with Gasteiger partial charge in [-0.2, -0.15) is 0 Å². The Morgan fingerprint density at radius 1 is 1.26 bits per heavy atom. The molecule has 4 rings (SSSR count). The number of piperidine rings is 1. The second-order valence-corrected chi connectivity index (χ2v) is 7.93. The second-order valence-electron chi connectivity index (χ2n) is 7.93. The Hall–Kier alpha value is -2.25. The molecule has 27 heavy (non-hydrogen) atoms. The molecule has 0 radical (unpaired) electrons. The average Bonchev–Trinajstić information content (AvgIpc) is 2.93. The van der Waals surface area contributed by atoms with E-state index in [4.69, 9.17) is 0 Å². The van der Waals surface area contributed by atoms with E-state index in [0.717, 1.165) is 43.1 Å². The fraction of sp³-hybridized carbons (Fsp3) is 0.550. The molecule has 7 nitrogen and oxygen atoms in total. The zero-order chi connectivity index (χ0) is 19.0. The molecule has 1 aromatic rings. The summed E-state index contributed by atoms with van der Waals surface area (Å²) in [7, 11) is 0. The van der Waals surface area contributed by atoms with Gasteiger partial charge in [-0.05, 0) is 56.0 Å². The Balaban J connectivity index is 1.39. The highest BCUT2D eigenvalue weighted by molar-refractivity contribution is 6.05. The Morgan fingerprint density at radius 2 is 2.07 bits per heavy atom. The number of nitrogens with zero attached hydrogens (tertiary/aromatic N) is 1. The summed E-state index contributed by atoms with van der Waals surface area (Å²) >= 11 is 0. The van der Waals surface area contributed by atoms with Crippen molar-refractivity contribution in [3.05, 3.63) is 34.9 Å². The smallest absolute Gasteiger partial charge is 0.255 e. The molecule has 2 unspecified atom stereocenters. The first-order valence-electron chi connectivity index (χ1n) is 9.72. The predicted molar refractivity (Wildman–Crippen MR) is 99.8 cm³/mol. The Bertz CT molecular complexity index is 774. The van der Waals surface area contributed by atoms with Crippen LogP contribution in [-0.4, -0.2) is 47.8 Å². The van der Waals surface area contributed by atoms with Gasteiger partial charge >= 0.3 is 0 Å². The van der Waals surface area contributed by atoms with Crippen LogP contribution < -0.4 is 16.0 Å². The molecule has 3 aliphatic heterocycles. The molecule has 0 bridgehead atoms. The van der Waals surface area contributed by atoms with Crippen LogP contribution in [0.25, 0.3) is 0 Å². The van der Waals surface area contributed by atoms with E-state index in [9.17, 15) is 14.4 Å². The molecule has 144 valence electrons. The highest BCUT2D eigenvalue weighted by Gasteiger charge is 2.39. The summed E-state index contributed by atoms with van der Waals surface area (Å²) < 4.78 is 0. The van der Waals surface area contributed by atoms with E-state index in [0.29, 0.717) is 24.6 Å². The summed E-state index contributed by atoms with van der Waals surface area (Å²) in [4.78, 5) is 37.9. The van der Waals surface area contributed by atoms with Crippen molar-refractivity contribution in [3.63, 3.8) is 0 Å². The Morgan fingerprint density at radius 3 is 2.78 bits per heavy atom. The largest absolute Gasteiger partial charge is 0.322 e. The van der Waals surface area contributed by atoms with E-state index in [1.165, 1.54) is 0 Å². The molecule has 0 spiro atoms. The van der Waals surface area contributed by atoms with Gasteiger partial charge in [-0.1, -0.05) is 12.1 Å². The van der Waals surface area contributed by atoms with Crippen LogP contribution in [0.3, 0.4) is 0 Å². The van der Waals surface area contributed by atoms with Crippen LogP contribution in [-0.2, 0) is 22.7 Å². The molecule has 3 aliphatic rings. The molecule has 0 aliphatic carbocycles. The van der Waals surface area contributed by atoms with Crippen LogP contribution in [0.15, 0.2) is 18.2 Å². The van der Waals surface area contributed by atoms with Gasteiger partial charge in [0.05, 0.1) is 0 Å². The molecule has 0 saturated carbocycles. The lowest BCUT2D eigenvalue weighted by molar-refractivity contribution is -0.136. The number of imide groups is 1. The minimum absolute atomic E-state index is 0.116. The lowest BCUT2D eigenvalue weighted by atomic mass is 9.95. The van der Waals surface area contributed by atoms with Crippen molar-refractivity contribution in [1.29, 1.82) is 0 Å². The maximum atomic E-state index is 12.8. The predicted octanol–water partition coefficient (Wildman–Crippen LogP) is 0.535. The van der Waals surface area contributed by atoms with Gasteiger partial charge in [0.25, 0.3) is 5.91 Å². The maximum absolute atomic E-state index is 12.8.